The van der Waals surface area contributed by atoms with Crippen molar-refractivity contribution in [1.29, 1.82) is 0 Å². The molecule has 5 heteroatoms. The smallest absolute Gasteiger partial charge is 0.223 e. The van der Waals surface area contributed by atoms with Crippen molar-refractivity contribution in [1.82, 2.24) is 14.5 Å². The average molecular weight is 411 g/mol. The number of benzene rings is 3. The molecule has 0 bridgehead atoms. The lowest BCUT2D eigenvalue weighted by Crippen LogP contribution is -2.48. The van der Waals surface area contributed by atoms with Gasteiger partial charge in [-0.2, -0.15) is 0 Å². The minimum Gasteiger partial charge on any atom is -0.368 e. The van der Waals surface area contributed by atoms with E-state index >= 15 is 0 Å². The van der Waals surface area contributed by atoms with E-state index in [2.05, 4.69) is 51.9 Å². The van der Waals surface area contributed by atoms with Gasteiger partial charge in [-0.1, -0.05) is 48.5 Å². The van der Waals surface area contributed by atoms with Crippen LogP contribution in [-0.4, -0.2) is 46.5 Å². The number of imidazole rings is 1. The molecule has 5 nitrogen and oxygen atoms in total. The predicted molar refractivity (Wildman–Crippen MR) is 125 cm³/mol. The first-order valence-corrected chi connectivity index (χ1v) is 10.9. The number of aromatic nitrogens is 2. The minimum atomic E-state index is 0.208. The Bertz CT molecular complexity index is 1160. The SMILES string of the molecule is O=C(CCc1nc2ccccc2n1-c1ccccc1)N1CCN(c2ccccc2)CC1. The first-order valence-electron chi connectivity index (χ1n) is 10.9. The lowest BCUT2D eigenvalue weighted by atomic mass is 10.2. The number of hydrogen-bond acceptors (Lipinski definition) is 3. The van der Waals surface area contributed by atoms with Crippen LogP contribution in [0.25, 0.3) is 16.7 Å². The molecule has 156 valence electrons. The van der Waals surface area contributed by atoms with Crippen molar-refractivity contribution >= 4 is 22.6 Å². The van der Waals surface area contributed by atoms with Crippen LogP contribution in [0.3, 0.4) is 0 Å². The third kappa shape index (κ3) is 4.04. The van der Waals surface area contributed by atoms with Crippen molar-refractivity contribution in [2.75, 3.05) is 31.1 Å². The number of carbonyl (C=O) groups is 1. The molecule has 5 rings (SSSR count). The number of carbonyl (C=O) groups excluding carboxylic acids is 1. The molecular weight excluding hydrogens is 384 g/mol. The van der Waals surface area contributed by atoms with E-state index in [4.69, 9.17) is 4.98 Å². The highest BCUT2D eigenvalue weighted by atomic mass is 16.2. The van der Waals surface area contributed by atoms with Crippen LogP contribution in [0.2, 0.25) is 0 Å². The molecule has 31 heavy (non-hydrogen) atoms. The van der Waals surface area contributed by atoms with Gasteiger partial charge in [0.15, 0.2) is 0 Å². The Hall–Kier alpha value is -3.60. The van der Waals surface area contributed by atoms with Crippen LogP contribution in [0.5, 0.6) is 0 Å². The van der Waals surface area contributed by atoms with E-state index in [-0.39, 0.29) is 5.91 Å². The number of para-hydroxylation sites is 4. The molecule has 3 aromatic carbocycles. The Labute approximate surface area is 182 Å². The van der Waals surface area contributed by atoms with Crippen LogP contribution in [-0.2, 0) is 11.2 Å². The van der Waals surface area contributed by atoms with Crippen molar-refractivity contribution in [2.24, 2.45) is 0 Å². The summed E-state index contributed by atoms with van der Waals surface area (Å²) < 4.78 is 2.18. The molecule has 1 aliphatic heterocycles. The molecule has 0 aliphatic carbocycles. The van der Waals surface area contributed by atoms with Gasteiger partial charge >= 0.3 is 0 Å². The molecule has 0 atom stereocenters. The standard InChI is InChI=1S/C26H26N4O/c31-26(29-19-17-28(18-20-29)21-9-3-1-4-10-21)16-15-25-27-23-13-7-8-14-24(23)30(25)22-11-5-2-6-12-22/h1-14H,15-20H2. The van der Waals surface area contributed by atoms with Gasteiger partial charge in [0.2, 0.25) is 5.91 Å². The third-order valence-electron chi connectivity index (χ3n) is 5.96. The molecule has 1 saturated heterocycles. The van der Waals surface area contributed by atoms with E-state index in [0.29, 0.717) is 12.8 Å². The maximum Gasteiger partial charge on any atom is 0.223 e. The van der Waals surface area contributed by atoms with E-state index in [1.54, 1.807) is 0 Å². The Morgan fingerprint density at radius 1 is 0.742 bits per heavy atom. The molecule has 4 aromatic rings. The maximum atomic E-state index is 12.9. The minimum absolute atomic E-state index is 0.208. The summed E-state index contributed by atoms with van der Waals surface area (Å²) in [6.07, 6.45) is 1.10. The zero-order valence-electron chi connectivity index (χ0n) is 17.5. The maximum absolute atomic E-state index is 12.9. The second-order valence-electron chi connectivity index (χ2n) is 7.89. The van der Waals surface area contributed by atoms with E-state index in [9.17, 15) is 4.79 Å². The second kappa shape index (κ2) is 8.64. The van der Waals surface area contributed by atoms with Gasteiger partial charge < -0.3 is 9.80 Å². The van der Waals surface area contributed by atoms with E-state index < -0.39 is 0 Å². The Morgan fingerprint density at radius 3 is 2.06 bits per heavy atom. The number of anilines is 1. The third-order valence-corrected chi connectivity index (χ3v) is 5.96. The fraction of sp³-hybridized carbons (Fsp3) is 0.231. The average Bonchev–Trinajstić information content (AvgIpc) is 3.22. The summed E-state index contributed by atoms with van der Waals surface area (Å²) in [5, 5.41) is 0. The molecular formula is C26H26N4O. The Balaban J connectivity index is 1.28. The van der Waals surface area contributed by atoms with Gasteiger partial charge in [-0.25, -0.2) is 4.98 Å². The van der Waals surface area contributed by atoms with Crippen molar-refractivity contribution in [3.05, 3.63) is 90.8 Å². The van der Waals surface area contributed by atoms with Crippen LogP contribution in [0.1, 0.15) is 12.2 Å². The van der Waals surface area contributed by atoms with Gasteiger partial charge in [0, 0.05) is 50.4 Å². The monoisotopic (exact) mass is 410 g/mol. The number of fused-ring (bicyclic) bond motifs is 1. The van der Waals surface area contributed by atoms with Gasteiger partial charge in [0.25, 0.3) is 0 Å². The van der Waals surface area contributed by atoms with E-state index in [1.165, 1.54) is 5.69 Å². The summed E-state index contributed by atoms with van der Waals surface area (Å²) in [5.74, 6) is 1.14. The van der Waals surface area contributed by atoms with Crippen molar-refractivity contribution < 1.29 is 4.79 Å². The first-order chi connectivity index (χ1) is 15.3. The summed E-state index contributed by atoms with van der Waals surface area (Å²) in [6.45, 7) is 3.28. The van der Waals surface area contributed by atoms with E-state index in [1.807, 2.05) is 47.4 Å². The van der Waals surface area contributed by atoms with Gasteiger partial charge in [-0.3, -0.25) is 9.36 Å². The normalized spacial score (nSPS) is 14.2. The first kappa shape index (κ1) is 19.4. The topological polar surface area (TPSA) is 41.4 Å². The number of nitrogens with zero attached hydrogens (tertiary/aromatic N) is 4. The van der Waals surface area contributed by atoms with E-state index in [0.717, 1.165) is 48.7 Å². The molecule has 0 N–H and O–H groups in total. The Kier molecular flexibility index (Phi) is 5.40. The molecule has 1 aromatic heterocycles. The summed E-state index contributed by atoms with van der Waals surface area (Å²) in [6, 6.07) is 28.8. The second-order valence-corrected chi connectivity index (χ2v) is 7.89. The molecule has 0 radical (unpaired) electrons. The summed E-state index contributed by atoms with van der Waals surface area (Å²) in [7, 11) is 0. The molecule has 0 unspecified atom stereocenters. The highest BCUT2D eigenvalue weighted by molar-refractivity contribution is 5.79. The molecule has 2 heterocycles. The van der Waals surface area contributed by atoms with Crippen LogP contribution in [0, 0.1) is 0 Å². The number of piperazine rings is 1. The van der Waals surface area contributed by atoms with Crippen LogP contribution in [0.15, 0.2) is 84.9 Å². The highest BCUT2D eigenvalue weighted by Gasteiger charge is 2.22. The van der Waals surface area contributed by atoms with Gasteiger partial charge in [0.05, 0.1) is 11.0 Å². The van der Waals surface area contributed by atoms with Crippen LogP contribution >= 0.6 is 0 Å². The number of rotatable bonds is 5. The fourth-order valence-corrected chi connectivity index (χ4v) is 4.34. The molecule has 1 amide bonds. The van der Waals surface area contributed by atoms with Gasteiger partial charge in [0.1, 0.15) is 5.82 Å². The van der Waals surface area contributed by atoms with Crippen molar-refractivity contribution in [2.45, 2.75) is 12.8 Å². The molecule has 0 saturated carbocycles. The summed E-state index contributed by atoms with van der Waals surface area (Å²) in [5.41, 5.74) is 4.35. The summed E-state index contributed by atoms with van der Waals surface area (Å²) >= 11 is 0. The van der Waals surface area contributed by atoms with Crippen molar-refractivity contribution in [3.8, 4) is 5.69 Å². The fourth-order valence-electron chi connectivity index (χ4n) is 4.34. The zero-order valence-corrected chi connectivity index (χ0v) is 17.5. The van der Waals surface area contributed by atoms with Gasteiger partial charge in [-0.05, 0) is 36.4 Å². The predicted octanol–water partition coefficient (Wildman–Crippen LogP) is 4.31. The largest absolute Gasteiger partial charge is 0.368 e. The number of amides is 1. The molecule has 1 aliphatic rings. The van der Waals surface area contributed by atoms with Crippen molar-refractivity contribution in [3.63, 3.8) is 0 Å². The van der Waals surface area contributed by atoms with Gasteiger partial charge in [-0.15, -0.1) is 0 Å². The molecule has 0 spiro atoms. The zero-order chi connectivity index (χ0) is 21.0. The number of hydrogen-bond donors (Lipinski definition) is 0. The number of aryl methyl sites for hydroxylation is 1. The molecule has 1 fully saturated rings. The highest BCUT2D eigenvalue weighted by Crippen LogP contribution is 2.23. The lowest BCUT2D eigenvalue weighted by Gasteiger charge is -2.36. The lowest BCUT2D eigenvalue weighted by molar-refractivity contribution is -0.131. The van der Waals surface area contributed by atoms with Crippen LogP contribution < -0.4 is 4.90 Å². The quantitative estimate of drug-likeness (QED) is 0.492. The summed E-state index contributed by atoms with van der Waals surface area (Å²) in [4.78, 5) is 22.1. The Morgan fingerprint density at radius 2 is 1.35 bits per heavy atom. The van der Waals surface area contributed by atoms with Crippen LogP contribution in [0.4, 0.5) is 5.69 Å².